The minimum absolute atomic E-state index is 0.111. The average molecular weight is 430 g/mol. The number of para-hydroxylation sites is 1. The first-order valence-electron chi connectivity index (χ1n) is 11.3. The van der Waals surface area contributed by atoms with Crippen molar-refractivity contribution in [3.8, 4) is 0 Å². The van der Waals surface area contributed by atoms with Crippen LogP contribution in [0.3, 0.4) is 0 Å². The molecule has 2 heterocycles. The van der Waals surface area contributed by atoms with Crippen LogP contribution in [0.5, 0.6) is 0 Å². The third-order valence-electron chi connectivity index (χ3n) is 6.19. The Balaban J connectivity index is 1.29. The Morgan fingerprint density at radius 1 is 1.03 bits per heavy atom. The fourth-order valence-electron chi connectivity index (χ4n) is 4.68. The topological polar surface area (TPSA) is 39.2 Å². The molecule has 3 aliphatic rings. The number of anilines is 1. The average Bonchev–Trinajstić information content (AvgIpc) is 2.77. The van der Waals surface area contributed by atoms with Gasteiger partial charge in [-0.3, -0.25) is 4.90 Å². The molecule has 0 bridgehead atoms. The zero-order valence-corrected chi connectivity index (χ0v) is 18.8. The number of rotatable bonds is 9. The van der Waals surface area contributed by atoms with Gasteiger partial charge in [-0.25, -0.2) is 0 Å². The van der Waals surface area contributed by atoms with E-state index in [-0.39, 0.29) is 6.61 Å². The van der Waals surface area contributed by atoms with Crippen molar-refractivity contribution < 1.29 is 9.84 Å². The van der Waals surface area contributed by atoms with Crippen LogP contribution in [0.25, 0.3) is 0 Å². The fourth-order valence-corrected chi connectivity index (χ4v) is 5.98. The second-order valence-corrected chi connectivity index (χ2v) is 9.77. The summed E-state index contributed by atoms with van der Waals surface area (Å²) in [5.74, 6) is 0.612. The minimum atomic E-state index is 0.111. The smallest absolute Gasteiger partial charge is 0.0698 e. The molecule has 1 fully saturated rings. The van der Waals surface area contributed by atoms with Crippen LogP contribution in [-0.2, 0) is 4.74 Å². The second kappa shape index (κ2) is 10.8. The van der Waals surface area contributed by atoms with E-state index in [1.807, 2.05) is 11.8 Å². The zero-order chi connectivity index (χ0) is 20.8. The van der Waals surface area contributed by atoms with Gasteiger partial charge < -0.3 is 19.6 Å². The number of piperazine rings is 1. The summed E-state index contributed by atoms with van der Waals surface area (Å²) in [4.78, 5) is 9.13. The molecule has 1 aromatic carbocycles. The van der Waals surface area contributed by atoms with Crippen molar-refractivity contribution in [1.29, 1.82) is 0 Å². The van der Waals surface area contributed by atoms with Gasteiger partial charge in [0.15, 0.2) is 0 Å². The standard InChI is InChI=1S/C24H35N3O2S/c1-20(18-26-12-10-25(11-13-26)14-16-29-17-15-28)19-27-21-6-2-4-8-23(21)30-24-9-5-3-7-22(24)27/h2-9,20-21,23,28H,10-19H2,1H3/t20-,21?,23?/m1/s1. The predicted octanol–water partition coefficient (Wildman–Crippen LogP) is 2.72. The molecule has 1 aliphatic carbocycles. The number of aliphatic hydroxyl groups excluding tert-OH is 1. The third kappa shape index (κ3) is 5.48. The SMILES string of the molecule is C[C@H](CN1CCN(CCOCCO)CC1)CN1c2ccccc2SC2C=CC=CC21. The van der Waals surface area contributed by atoms with E-state index in [4.69, 9.17) is 9.84 Å². The number of nitrogens with zero attached hydrogens (tertiary/aromatic N) is 3. The molecular weight excluding hydrogens is 394 g/mol. The summed E-state index contributed by atoms with van der Waals surface area (Å²) in [6.45, 7) is 11.4. The van der Waals surface area contributed by atoms with Crippen LogP contribution in [-0.4, -0.2) is 91.8 Å². The van der Waals surface area contributed by atoms with Gasteiger partial charge >= 0.3 is 0 Å². The number of ether oxygens (including phenoxy) is 1. The highest BCUT2D eigenvalue weighted by Crippen LogP contribution is 2.43. The summed E-state index contributed by atoms with van der Waals surface area (Å²) in [6, 6.07) is 9.33. The monoisotopic (exact) mass is 429 g/mol. The Hall–Kier alpha value is -1.31. The van der Waals surface area contributed by atoms with E-state index in [1.54, 1.807) is 0 Å². The largest absolute Gasteiger partial charge is 0.394 e. The first-order valence-corrected chi connectivity index (χ1v) is 12.1. The van der Waals surface area contributed by atoms with Gasteiger partial charge in [0.25, 0.3) is 0 Å². The molecule has 1 saturated heterocycles. The number of thioether (sulfide) groups is 1. The summed E-state index contributed by atoms with van der Waals surface area (Å²) in [7, 11) is 0. The molecule has 3 atom stereocenters. The quantitative estimate of drug-likeness (QED) is 0.609. The minimum Gasteiger partial charge on any atom is -0.394 e. The predicted molar refractivity (Wildman–Crippen MR) is 125 cm³/mol. The summed E-state index contributed by atoms with van der Waals surface area (Å²) in [5, 5.41) is 9.31. The molecule has 0 spiro atoms. The number of hydrogen-bond donors (Lipinski definition) is 1. The first-order chi connectivity index (χ1) is 14.7. The van der Waals surface area contributed by atoms with E-state index in [0.29, 0.717) is 30.4 Å². The van der Waals surface area contributed by atoms with Crippen molar-refractivity contribution in [2.45, 2.75) is 23.1 Å². The van der Waals surface area contributed by atoms with Crippen molar-refractivity contribution in [3.05, 3.63) is 48.6 Å². The molecule has 1 N–H and O–H groups in total. The van der Waals surface area contributed by atoms with Crippen molar-refractivity contribution in [1.82, 2.24) is 9.80 Å². The highest BCUT2D eigenvalue weighted by Gasteiger charge is 2.33. The van der Waals surface area contributed by atoms with Crippen LogP contribution < -0.4 is 4.90 Å². The molecule has 0 radical (unpaired) electrons. The molecule has 2 aliphatic heterocycles. The Labute approximate surface area is 185 Å². The number of hydrogen-bond acceptors (Lipinski definition) is 6. The van der Waals surface area contributed by atoms with Gasteiger partial charge in [-0.15, -0.1) is 11.8 Å². The van der Waals surface area contributed by atoms with Crippen LogP contribution in [0.2, 0.25) is 0 Å². The van der Waals surface area contributed by atoms with E-state index < -0.39 is 0 Å². The van der Waals surface area contributed by atoms with Crippen molar-refractivity contribution >= 4 is 17.4 Å². The van der Waals surface area contributed by atoms with Crippen molar-refractivity contribution in [3.63, 3.8) is 0 Å². The van der Waals surface area contributed by atoms with E-state index in [1.165, 1.54) is 10.6 Å². The van der Waals surface area contributed by atoms with E-state index in [0.717, 1.165) is 45.8 Å². The maximum atomic E-state index is 8.80. The Bertz CT molecular complexity index is 733. The van der Waals surface area contributed by atoms with Crippen LogP contribution in [0.4, 0.5) is 5.69 Å². The normalized spacial score (nSPS) is 25.2. The van der Waals surface area contributed by atoms with Gasteiger partial charge in [0.1, 0.15) is 0 Å². The van der Waals surface area contributed by atoms with Crippen LogP contribution in [0, 0.1) is 5.92 Å². The first kappa shape index (κ1) is 21.9. The third-order valence-corrected chi connectivity index (χ3v) is 7.49. The number of benzene rings is 1. The molecule has 0 amide bonds. The van der Waals surface area contributed by atoms with Gasteiger partial charge in [0.2, 0.25) is 0 Å². The number of fused-ring (bicyclic) bond motifs is 2. The molecule has 4 rings (SSSR count). The van der Waals surface area contributed by atoms with E-state index in [9.17, 15) is 0 Å². The molecule has 2 unspecified atom stereocenters. The lowest BCUT2D eigenvalue weighted by molar-refractivity contribution is 0.0554. The number of aliphatic hydroxyl groups is 1. The van der Waals surface area contributed by atoms with Crippen LogP contribution >= 0.6 is 11.8 Å². The molecule has 30 heavy (non-hydrogen) atoms. The summed E-state index contributed by atoms with van der Waals surface area (Å²) >= 11 is 2.00. The Kier molecular flexibility index (Phi) is 7.90. The van der Waals surface area contributed by atoms with E-state index >= 15 is 0 Å². The molecule has 1 aromatic rings. The lowest BCUT2D eigenvalue weighted by Crippen LogP contribution is -2.50. The molecule has 0 saturated carbocycles. The highest BCUT2D eigenvalue weighted by molar-refractivity contribution is 8.00. The van der Waals surface area contributed by atoms with Gasteiger partial charge in [-0.05, 0) is 18.1 Å². The Morgan fingerprint density at radius 3 is 2.63 bits per heavy atom. The van der Waals surface area contributed by atoms with Crippen LogP contribution in [0.15, 0.2) is 53.5 Å². The maximum Gasteiger partial charge on any atom is 0.0698 e. The fraction of sp³-hybridized carbons (Fsp3) is 0.583. The van der Waals surface area contributed by atoms with Crippen LogP contribution in [0.1, 0.15) is 6.92 Å². The van der Waals surface area contributed by atoms with Gasteiger partial charge in [0.05, 0.1) is 36.8 Å². The van der Waals surface area contributed by atoms with Gasteiger partial charge in [-0.1, -0.05) is 43.4 Å². The summed E-state index contributed by atoms with van der Waals surface area (Å²) < 4.78 is 5.41. The lowest BCUT2D eigenvalue weighted by atomic mass is 10.0. The van der Waals surface area contributed by atoms with Gasteiger partial charge in [0, 0.05) is 50.7 Å². The highest BCUT2D eigenvalue weighted by atomic mass is 32.2. The molecule has 5 nitrogen and oxygen atoms in total. The Morgan fingerprint density at radius 2 is 1.80 bits per heavy atom. The molecular formula is C24H35N3O2S. The van der Waals surface area contributed by atoms with Crippen molar-refractivity contribution in [2.24, 2.45) is 5.92 Å². The van der Waals surface area contributed by atoms with E-state index in [2.05, 4.69) is 70.2 Å². The molecule has 164 valence electrons. The number of allylic oxidation sites excluding steroid dienone is 2. The maximum absolute atomic E-state index is 8.80. The summed E-state index contributed by atoms with van der Waals surface area (Å²) in [6.07, 6.45) is 9.12. The summed E-state index contributed by atoms with van der Waals surface area (Å²) in [5.41, 5.74) is 1.39. The molecule has 0 aromatic heterocycles. The van der Waals surface area contributed by atoms with Gasteiger partial charge in [-0.2, -0.15) is 0 Å². The zero-order valence-electron chi connectivity index (χ0n) is 18.0. The van der Waals surface area contributed by atoms with Crippen molar-refractivity contribution in [2.75, 3.05) is 70.5 Å². The molecule has 6 heteroatoms. The second-order valence-electron chi connectivity index (χ2n) is 8.55. The lowest BCUT2D eigenvalue weighted by Gasteiger charge is -2.44.